The second-order valence-corrected chi connectivity index (χ2v) is 10.7. The lowest BCUT2D eigenvalue weighted by Gasteiger charge is -2.15. The third kappa shape index (κ3) is 4.89. The van der Waals surface area contributed by atoms with Crippen molar-refractivity contribution in [3.8, 4) is 0 Å². The van der Waals surface area contributed by atoms with Crippen LogP contribution in [0.3, 0.4) is 0 Å². The third-order valence-electron chi connectivity index (χ3n) is 3.72. The predicted octanol–water partition coefficient (Wildman–Crippen LogP) is 5.02. The van der Waals surface area contributed by atoms with Crippen LogP contribution in [0.2, 0.25) is 5.02 Å². The maximum Gasteiger partial charge on any atom is 0.416 e. The van der Waals surface area contributed by atoms with Crippen molar-refractivity contribution in [2.75, 3.05) is 9.44 Å². The SMILES string of the molecule is O=S(=O)(Nc1ccccc1NS(=O)(=O)c1cc(C(F)(F)F)ccc1Cl)c1cccs1. The number of anilines is 2. The highest BCUT2D eigenvalue weighted by molar-refractivity contribution is 7.94. The molecule has 0 fully saturated rings. The first-order valence-corrected chi connectivity index (χ1v) is 12.2. The Bertz CT molecular complexity index is 1280. The minimum atomic E-state index is -4.77. The average molecular weight is 497 g/mol. The molecule has 0 aliphatic rings. The summed E-state index contributed by atoms with van der Waals surface area (Å²) in [7, 11) is -8.56. The molecule has 2 N–H and O–H groups in total. The molecule has 0 aliphatic carbocycles. The molecule has 0 saturated carbocycles. The fourth-order valence-electron chi connectivity index (χ4n) is 2.36. The number of halogens is 4. The van der Waals surface area contributed by atoms with E-state index in [-0.39, 0.29) is 15.6 Å². The average Bonchev–Trinajstić information content (AvgIpc) is 3.18. The number of hydrogen-bond donors (Lipinski definition) is 2. The summed E-state index contributed by atoms with van der Waals surface area (Å²) in [6.07, 6.45) is -4.77. The van der Waals surface area contributed by atoms with Gasteiger partial charge in [-0.25, -0.2) is 16.8 Å². The second-order valence-electron chi connectivity index (χ2n) is 5.83. The third-order valence-corrected chi connectivity index (χ3v) is 8.33. The molecule has 2 aromatic carbocycles. The van der Waals surface area contributed by atoms with E-state index in [1.807, 2.05) is 0 Å². The van der Waals surface area contributed by atoms with Crippen LogP contribution in [0.4, 0.5) is 24.5 Å². The first-order chi connectivity index (χ1) is 13.9. The molecule has 0 spiro atoms. The van der Waals surface area contributed by atoms with Gasteiger partial charge in [0.2, 0.25) is 0 Å². The van der Waals surface area contributed by atoms with E-state index < -0.39 is 41.7 Å². The van der Waals surface area contributed by atoms with Crippen molar-refractivity contribution in [1.29, 1.82) is 0 Å². The molecular formula is C17H12ClF3N2O4S3. The zero-order chi connectivity index (χ0) is 22.2. The molecule has 30 heavy (non-hydrogen) atoms. The molecule has 0 bridgehead atoms. The molecule has 3 aromatic rings. The minimum absolute atomic E-state index is 0.00100. The summed E-state index contributed by atoms with van der Waals surface area (Å²) in [6, 6.07) is 10.2. The van der Waals surface area contributed by atoms with Gasteiger partial charge in [0.25, 0.3) is 20.0 Å². The van der Waals surface area contributed by atoms with E-state index in [1.54, 1.807) is 5.38 Å². The molecule has 3 rings (SSSR count). The van der Waals surface area contributed by atoms with E-state index in [2.05, 4.69) is 9.44 Å². The van der Waals surface area contributed by atoms with Crippen LogP contribution < -0.4 is 9.44 Å². The van der Waals surface area contributed by atoms with E-state index in [0.29, 0.717) is 12.1 Å². The van der Waals surface area contributed by atoms with Crippen LogP contribution in [0.25, 0.3) is 0 Å². The summed E-state index contributed by atoms with van der Waals surface area (Å²) in [4.78, 5) is -0.796. The van der Waals surface area contributed by atoms with Crippen LogP contribution in [-0.2, 0) is 26.2 Å². The van der Waals surface area contributed by atoms with Gasteiger partial charge in [-0.3, -0.25) is 9.44 Å². The van der Waals surface area contributed by atoms with Crippen molar-refractivity contribution in [3.63, 3.8) is 0 Å². The largest absolute Gasteiger partial charge is 0.416 e. The molecule has 1 heterocycles. The maximum atomic E-state index is 13.0. The van der Waals surface area contributed by atoms with E-state index in [4.69, 9.17) is 11.6 Å². The Morgan fingerprint density at radius 3 is 1.97 bits per heavy atom. The van der Waals surface area contributed by atoms with E-state index >= 15 is 0 Å². The van der Waals surface area contributed by atoms with Gasteiger partial charge < -0.3 is 0 Å². The number of sulfonamides is 2. The van der Waals surface area contributed by atoms with Gasteiger partial charge in [0, 0.05) is 0 Å². The number of hydrogen-bond acceptors (Lipinski definition) is 5. The van der Waals surface area contributed by atoms with Crippen molar-refractivity contribution < 1.29 is 30.0 Å². The Morgan fingerprint density at radius 1 is 0.833 bits per heavy atom. The van der Waals surface area contributed by atoms with Crippen LogP contribution >= 0.6 is 22.9 Å². The number of alkyl halides is 3. The molecule has 0 saturated heterocycles. The smallest absolute Gasteiger partial charge is 0.277 e. The Labute approximate surface area is 179 Å². The van der Waals surface area contributed by atoms with Crippen LogP contribution in [0, 0.1) is 0 Å². The molecule has 13 heteroatoms. The summed E-state index contributed by atoms with van der Waals surface area (Å²) >= 11 is 6.77. The fraction of sp³-hybridized carbons (Fsp3) is 0.0588. The van der Waals surface area contributed by atoms with Gasteiger partial charge in [0.15, 0.2) is 0 Å². The summed E-state index contributed by atoms with van der Waals surface area (Å²) in [5.41, 5.74) is -1.50. The van der Waals surface area contributed by atoms with Gasteiger partial charge in [0.1, 0.15) is 9.10 Å². The van der Waals surface area contributed by atoms with Gasteiger partial charge in [-0.05, 0) is 41.8 Å². The molecule has 160 valence electrons. The van der Waals surface area contributed by atoms with Crippen LogP contribution in [-0.4, -0.2) is 16.8 Å². The molecule has 0 aliphatic heterocycles. The Morgan fingerprint density at radius 2 is 1.43 bits per heavy atom. The normalized spacial score (nSPS) is 12.5. The molecule has 1 aromatic heterocycles. The lowest BCUT2D eigenvalue weighted by atomic mass is 10.2. The zero-order valence-corrected chi connectivity index (χ0v) is 17.8. The van der Waals surface area contributed by atoms with Crippen LogP contribution in [0.1, 0.15) is 5.56 Å². The number of benzene rings is 2. The molecule has 0 amide bonds. The molecule has 6 nitrogen and oxygen atoms in total. The van der Waals surface area contributed by atoms with Crippen molar-refractivity contribution in [1.82, 2.24) is 0 Å². The quantitative estimate of drug-likeness (QED) is 0.501. The maximum absolute atomic E-state index is 13.0. The highest BCUT2D eigenvalue weighted by Crippen LogP contribution is 2.35. The van der Waals surface area contributed by atoms with Crippen molar-refractivity contribution in [3.05, 3.63) is 70.6 Å². The number of rotatable bonds is 6. The lowest BCUT2D eigenvalue weighted by Crippen LogP contribution is -2.18. The van der Waals surface area contributed by atoms with Crippen LogP contribution in [0.5, 0.6) is 0 Å². The van der Waals surface area contributed by atoms with Gasteiger partial charge in [-0.15, -0.1) is 11.3 Å². The summed E-state index contributed by atoms with van der Waals surface area (Å²) in [6.45, 7) is 0. The minimum Gasteiger partial charge on any atom is -0.277 e. The van der Waals surface area contributed by atoms with E-state index in [9.17, 15) is 30.0 Å². The van der Waals surface area contributed by atoms with Crippen molar-refractivity contribution in [2.24, 2.45) is 0 Å². The van der Waals surface area contributed by atoms with Crippen molar-refractivity contribution in [2.45, 2.75) is 15.3 Å². The van der Waals surface area contributed by atoms with Gasteiger partial charge in [-0.2, -0.15) is 13.2 Å². The molecule has 0 atom stereocenters. The first-order valence-electron chi connectivity index (χ1n) is 7.95. The number of thiophene rings is 1. The second kappa shape index (κ2) is 8.10. The standard InChI is InChI=1S/C17H12ClF3N2O4S3/c18-12-8-7-11(17(19,20)21)10-15(12)29(24,25)22-13-4-1-2-5-14(13)23-30(26,27)16-6-3-9-28-16/h1-10,22-23H. The van der Waals surface area contributed by atoms with E-state index in [1.165, 1.54) is 36.4 Å². The Kier molecular flexibility index (Phi) is 6.05. The highest BCUT2D eigenvalue weighted by atomic mass is 35.5. The summed E-state index contributed by atoms with van der Waals surface area (Å²) < 4.78 is 93.5. The Hall–Kier alpha value is -2.28. The molecular weight excluding hydrogens is 485 g/mol. The lowest BCUT2D eigenvalue weighted by molar-refractivity contribution is -0.137. The zero-order valence-electron chi connectivity index (χ0n) is 14.6. The van der Waals surface area contributed by atoms with Crippen molar-refractivity contribution >= 4 is 54.4 Å². The topological polar surface area (TPSA) is 92.3 Å². The molecule has 0 radical (unpaired) electrons. The van der Waals surface area contributed by atoms with Gasteiger partial charge in [-0.1, -0.05) is 29.8 Å². The van der Waals surface area contributed by atoms with Gasteiger partial charge >= 0.3 is 6.18 Å². The Balaban J connectivity index is 1.98. The predicted molar refractivity (Wildman–Crippen MR) is 109 cm³/mol. The van der Waals surface area contributed by atoms with E-state index in [0.717, 1.165) is 17.4 Å². The summed E-state index contributed by atoms with van der Waals surface area (Å²) in [5, 5.41) is 1.13. The summed E-state index contributed by atoms with van der Waals surface area (Å²) in [5.74, 6) is 0. The van der Waals surface area contributed by atoms with Crippen LogP contribution in [0.15, 0.2) is 69.1 Å². The highest BCUT2D eigenvalue weighted by Gasteiger charge is 2.33. The van der Waals surface area contributed by atoms with Gasteiger partial charge in [0.05, 0.1) is 22.0 Å². The number of nitrogens with one attached hydrogen (secondary N) is 2. The monoisotopic (exact) mass is 496 g/mol. The number of para-hydroxylation sites is 2. The fourth-order valence-corrected chi connectivity index (χ4v) is 6.04. The first kappa shape index (κ1) is 22.4. The molecule has 0 unspecified atom stereocenters.